The molecule has 0 saturated carbocycles. The first-order valence-electron chi connectivity index (χ1n) is 3.33. The minimum absolute atomic E-state index is 0.176. The highest BCUT2D eigenvalue weighted by molar-refractivity contribution is 7.86. The first-order chi connectivity index (χ1) is 5.02. The molecule has 1 rings (SSSR count). The van der Waals surface area contributed by atoms with Gasteiger partial charge in [0.15, 0.2) is 0 Å². The second kappa shape index (κ2) is 2.79. The Hall–Kier alpha value is -0.610. The molecule has 0 aliphatic heterocycles. The molecule has 0 aromatic heterocycles. The van der Waals surface area contributed by atoms with Crippen molar-refractivity contribution in [1.82, 2.24) is 0 Å². The maximum atomic E-state index is 10.6. The van der Waals surface area contributed by atoms with Gasteiger partial charge in [-0.15, -0.1) is 0 Å². The van der Waals surface area contributed by atoms with E-state index < -0.39 is 15.4 Å². The summed E-state index contributed by atoms with van der Waals surface area (Å²) >= 11 is 0. The summed E-state index contributed by atoms with van der Waals surface area (Å²) in [6.07, 6.45) is 7.04. The van der Waals surface area contributed by atoms with Crippen LogP contribution in [0.5, 0.6) is 0 Å². The van der Waals surface area contributed by atoms with E-state index in [1.54, 1.807) is 24.3 Å². The van der Waals surface area contributed by atoms with Crippen molar-refractivity contribution in [1.29, 1.82) is 0 Å². The van der Waals surface area contributed by atoms with Crippen LogP contribution >= 0.6 is 0 Å². The predicted octanol–water partition coefficient (Wildman–Crippen LogP) is 1.00. The molecule has 0 radical (unpaired) electrons. The van der Waals surface area contributed by atoms with E-state index in [1.807, 2.05) is 0 Å². The van der Waals surface area contributed by atoms with Crippen LogP contribution in [0, 0.1) is 5.92 Å². The summed E-state index contributed by atoms with van der Waals surface area (Å²) in [5.74, 6) is -0.176. The van der Waals surface area contributed by atoms with Crippen LogP contribution in [0.2, 0.25) is 0 Å². The molecular weight excluding hydrogens is 164 g/mol. The van der Waals surface area contributed by atoms with E-state index in [4.69, 9.17) is 4.55 Å². The number of rotatable bonds is 2. The normalized spacial score (nSPS) is 20.9. The average molecular weight is 174 g/mol. The van der Waals surface area contributed by atoms with Crippen molar-refractivity contribution in [2.75, 3.05) is 0 Å². The Balaban J connectivity index is 2.77. The van der Waals surface area contributed by atoms with Gasteiger partial charge in [0.05, 0.1) is 5.25 Å². The molecule has 3 nitrogen and oxygen atoms in total. The summed E-state index contributed by atoms with van der Waals surface area (Å²) in [4.78, 5) is 0. The molecule has 1 aliphatic rings. The van der Waals surface area contributed by atoms with Crippen molar-refractivity contribution in [3.63, 3.8) is 0 Å². The summed E-state index contributed by atoms with van der Waals surface area (Å²) in [6.45, 7) is 1.49. The topological polar surface area (TPSA) is 54.4 Å². The zero-order valence-electron chi connectivity index (χ0n) is 6.14. The maximum Gasteiger partial charge on any atom is 0.268 e. The lowest BCUT2D eigenvalue weighted by Crippen LogP contribution is -2.22. The molecule has 4 heteroatoms. The molecule has 62 valence electrons. The Morgan fingerprint density at radius 2 is 1.82 bits per heavy atom. The van der Waals surface area contributed by atoms with Crippen LogP contribution in [0.15, 0.2) is 24.3 Å². The molecular formula is C7H10O3S. The molecule has 0 fully saturated rings. The standard InChI is InChI=1S/C7H10O3S/c1-6(11(8,9)10)7-4-2-3-5-7/h2-7H,1H3,(H,8,9,10). The lowest BCUT2D eigenvalue weighted by atomic mass is 10.1. The van der Waals surface area contributed by atoms with Crippen LogP contribution in [0.4, 0.5) is 0 Å². The van der Waals surface area contributed by atoms with Gasteiger partial charge in [0.1, 0.15) is 0 Å². The third-order valence-corrected chi connectivity index (χ3v) is 3.04. The molecule has 1 atom stereocenters. The van der Waals surface area contributed by atoms with Gasteiger partial charge in [-0.25, -0.2) is 0 Å². The van der Waals surface area contributed by atoms with Crippen molar-refractivity contribution in [3.8, 4) is 0 Å². The van der Waals surface area contributed by atoms with Gasteiger partial charge < -0.3 is 0 Å². The second-order valence-corrected chi connectivity index (χ2v) is 4.34. The average Bonchev–Trinajstić information content (AvgIpc) is 2.34. The smallest absolute Gasteiger partial charge is 0.268 e. The maximum absolute atomic E-state index is 10.6. The third kappa shape index (κ3) is 1.91. The van der Waals surface area contributed by atoms with Crippen LogP contribution in [0.1, 0.15) is 6.92 Å². The van der Waals surface area contributed by atoms with E-state index in [0.29, 0.717) is 0 Å². The highest BCUT2D eigenvalue weighted by Gasteiger charge is 2.24. The monoisotopic (exact) mass is 174 g/mol. The van der Waals surface area contributed by atoms with E-state index in [2.05, 4.69) is 0 Å². The summed E-state index contributed by atoms with van der Waals surface area (Å²) in [7, 11) is -3.89. The Morgan fingerprint density at radius 3 is 2.18 bits per heavy atom. The summed E-state index contributed by atoms with van der Waals surface area (Å²) in [5, 5.41) is -0.738. The molecule has 0 saturated heterocycles. The zero-order valence-corrected chi connectivity index (χ0v) is 6.95. The van der Waals surface area contributed by atoms with Gasteiger partial charge in [-0.2, -0.15) is 8.42 Å². The lowest BCUT2D eigenvalue weighted by Gasteiger charge is -2.11. The van der Waals surface area contributed by atoms with Crippen molar-refractivity contribution in [2.24, 2.45) is 5.92 Å². The van der Waals surface area contributed by atoms with Crippen LogP contribution in [0.25, 0.3) is 0 Å². The Labute approximate surface area is 66.2 Å². The summed E-state index contributed by atoms with van der Waals surface area (Å²) in [6, 6.07) is 0. The Morgan fingerprint density at radius 1 is 1.36 bits per heavy atom. The van der Waals surface area contributed by atoms with Crippen LogP contribution in [-0.2, 0) is 10.1 Å². The van der Waals surface area contributed by atoms with E-state index in [-0.39, 0.29) is 5.92 Å². The fraction of sp³-hybridized carbons (Fsp3) is 0.429. The molecule has 11 heavy (non-hydrogen) atoms. The van der Waals surface area contributed by atoms with Crippen molar-refractivity contribution in [3.05, 3.63) is 24.3 Å². The molecule has 1 unspecified atom stereocenters. The molecule has 1 N–H and O–H groups in total. The number of allylic oxidation sites excluding steroid dienone is 4. The number of hydrogen-bond acceptors (Lipinski definition) is 2. The van der Waals surface area contributed by atoms with E-state index in [1.165, 1.54) is 6.92 Å². The fourth-order valence-electron chi connectivity index (χ4n) is 0.961. The number of hydrogen-bond donors (Lipinski definition) is 1. The fourth-order valence-corrected chi connectivity index (χ4v) is 1.54. The molecule has 0 spiro atoms. The van der Waals surface area contributed by atoms with Crippen molar-refractivity contribution in [2.45, 2.75) is 12.2 Å². The molecule has 1 aliphatic carbocycles. The Kier molecular flexibility index (Phi) is 2.15. The van der Waals surface area contributed by atoms with Crippen molar-refractivity contribution >= 4 is 10.1 Å². The second-order valence-electron chi connectivity index (χ2n) is 2.57. The predicted molar refractivity (Wildman–Crippen MR) is 42.8 cm³/mol. The molecule has 0 aromatic rings. The minimum Gasteiger partial charge on any atom is -0.285 e. The molecule has 0 bridgehead atoms. The SMILES string of the molecule is CC(C1C=CC=C1)S(=O)(=O)O. The quantitative estimate of drug-likeness (QED) is 0.635. The first kappa shape index (κ1) is 8.49. The molecule has 0 heterocycles. The highest BCUT2D eigenvalue weighted by atomic mass is 32.2. The van der Waals surface area contributed by atoms with E-state index in [9.17, 15) is 8.42 Å². The van der Waals surface area contributed by atoms with Gasteiger partial charge >= 0.3 is 0 Å². The highest BCUT2D eigenvalue weighted by Crippen LogP contribution is 2.18. The van der Waals surface area contributed by atoms with Gasteiger partial charge in [0.25, 0.3) is 10.1 Å². The summed E-state index contributed by atoms with van der Waals surface area (Å²) < 4.78 is 29.9. The van der Waals surface area contributed by atoms with Crippen LogP contribution in [0.3, 0.4) is 0 Å². The third-order valence-electron chi connectivity index (χ3n) is 1.79. The molecule has 0 aromatic carbocycles. The first-order valence-corrected chi connectivity index (χ1v) is 4.83. The minimum atomic E-state index is -3.89. The van der Waals surface area contributed by atoms with Gasteiger partial charge in [-0.05, 0) is 6.92 Å². The van der Waals surface area contributed by atoms with Crippen molar-refractivity contribution < 1.29 is 13.0 Å². The molecule has 0 amide bonds. The summed E-state index contributed by atoms with van der Waals surface area (Å²) in [5.41, 5.74) is 0. The van der Waals surface area contributed by atoms with Gasteiger partial charge in [0.2, 0.25) is 0 Å². The van der Waals surface area contributed by atoms with Crippen LogP contribution < -0.4 is 0 Å². The van der Waals surface area contributed by atoms with Gasteiger partial charge in [0, 0.05) is 5.92 Å². The largest absolute Gasteiger partial charge is 0.285 e. The van der Waals surface area contributed by atoms with Crippen LogP contribution in [-0.4, -0.2) is 18.2 Å². The Bertz CT molecular complexity index is 275. The van der Waals surface area contributed by atoms with Gasteiger partial charge in [-0.1, -0.05) is 24.3 Å². The van der Waals surface area contributed by atoms with Gasteiger partial charge in [-0.3, -0.25) is 4.55 Å². The van der Waals surface area contributed by atoms with E-state index >= 15 is 0 Å². The lowest BCUT2D eigenvalue weighted by molar-refractivity contribution is 0.463. The zero-order chi connectivity index (χ0) is 8.48. The van der Waals surface area contributed by atoms with E-state index in [0.717, 1.165) is 0 Å².